The molecule has 0 aliphatic rings. The molecule has 0 spiro atoms. The standard InChI is InChI=1S/C7H7BrFNO/c1-11-4-6-5(9)2-3-7(8)10-6/h2-3H,4H2,1H3. The normalized spacial score (nSPS) is 10.1. The molecule has 11 heavy (non-hydrogen) atoms. The second kappa shape index (κ2) is 3.78. The van der Waals surface area contributed by atoms with E-state index in [0.29, 0.717) is 10.3 Å². The van der Waals surface area contributed by atoms with Crippen molar-refractivity contribution in [3.05, 3.63) is 28.2 Å². The largest absolute Gasteiger partial charge is 0.378 e. The fraction of sp³-hybridized carbons (Fsp3) is 0.286. The summed E-state index contributed by atoms with van der Waals surface area (Å²) in [6.45, 7) is 0.200. The van der Waals surface area contributed by atoms with Crippen molar-refractivity contribution in [1.29, 1.82) is 0 Å². The lowest BCUT2D eigenvalue weighted by Crippen LogP contribution is -1.96. The van der Waals surface area contributed by atoms with Crippen molar-refractivity contribution in [3.63, 3.8) is 0 Å². The van der Waals surface area contributed by atoms with Gasteiger partial charge in [0.25, 0.3) is 0 Å². The van der Waals surface area contributed by atoms with E-state index in [0.717, 1.165) is 0 Å². The molecule has 2 nitrogen and oxygen atoms in total. The Labute approximate surface area is 72.5 Å². The van der Waals surface area contributed by atoms with Gasteiger partial charge >= 0.3 is 0 Å². The molecule has 0 bridgehead atoms. The SMILES string of the molecule is COCc1nc(Br)ccc1F. The fourth-order valence-corrected chi connectivity index (χ4v) is 1.04. The Morgan fingerprint density at radius 2 is 2.36 bits per heavy atom. The zero-order valence-electron chi connectivity index (χ0n) is 5.97. The molecule has 0 radical (unpaired) electrons. The third-order valence-corrected chi connectivity index (χ3v) is 1.61. The minimum Gasteiger partial charge on any atom is -0.378 e. The molecule has 0 N–H and O–H groups in total. The summed E-state index contributed by atoms with van der Waals surface area (Å²) in [5.74, 6) is -0.338. The Bertz CT molecular complexity index is 254. The summed E-state index contributed by atoms with van der Waals surface area (Å²) in [5, 5.41) is 0. The highest BCUT2D eigenvalue weighted by atomic mass is 79.9. The summed E-state index contributed by atoms with van der Waals surface area (Å²) in [7, 11) is 1.50. The van der Waals surface area contributed by atoms with Crippen LogP contribution in [0.5, 0.6) is 0 Å². The lowest BCUT2D eigenvalue weighted by atomic mass is 10.3. The van der Waals surface area contributed by atoms with Gasteiger partial charge in [-0.2, -0.15) is 0 Å². The summed E-state index contributed by atoms with van der Waals surface area (Å²) in [4.78, 5) is 3.88. The molecule has 0 aliphatic heterocycles. The Balaban J connectivity index is 2.93. The van der Waals surface area contributed by atoms with Crippen LogP contribution in [-0.4, -0.2) is 12.1 Å². The molecule has 1 aromatic heterocycles. The lowest BCUT2D eigenvalue weighted by molar-refractivity contribution is 0.177. The number of pyridine rings is 1. The van der Waals surface area contributed by atoms with Crippen LogP contribution in [0.2, 0.25) is 0 Å². The van der Waals surface area contributed by atoms with Crippen LogP contribution < -0.4 is 0 Å². The van der Waals surface area contributed by atoms with E-state index in [1.165, 1.54) is 13.2 Å². The van der Waals surface area contributed by atoms with E-state index in [-0.39, 0.29) is 12.4 Å². The maximum absolute atomic E-state index is 12.8. The minimum atomic E-state index is -0.338. The number of halogens is 2. The van der Waals surface area contributed by atoms with Gasteiger partial charge in [0, 0.05) is 7.11 Å². The van der Waals surface area contributed by atoms with Gasteiger partial charge in [-0.3, -0.25) is 0 Å². The van der Waals surface area contributed by atoms with E-state index in [2.05, 4.69) is 20.9 Å². The van der Waals surface area contributed by atoms with Crippen LogP contribution >= 0.6 is 15.9 Å². The van der Waals surface area contributed by atoms with Crippen molar-refractivity contribution < 1.29 is 9.13 Å². The van der Waals surface area contributed by atoms with Gasteiger partial charge in [0.05, 0.1) is 6.61 Å². The van der Waals surface area contributed by atoms with Crippen molar-refractivity contribution in [2.24, 2.45) is 0 Å². The molecule has 60 valence electrons. The van der Waals surface area contributed by atoms with Crippen molar-refractivity contribution in [2.45, 2.75) is 6.61 Å². The van der Waals surface area contributed by atoms with Gasteiger partial charge in [0.1, 0.15) is 16.1 Å². The number of ether oxygens (including phenoxy) is 1. The summed E-state index contributed by atoms with van der Waals surface area (Å²) in [5.41, 5.74) is 0.321. The zero-order valence-corrected chi connectivity index (χ0v) is 7.56. The molecule has 1 rings (SSSR count). The first-order valence-corrected chi connectivity index (χ1v) is 3.83. The topological polar surface area (TPSA) is 22.1 Å². The van der Waals surface area contributed by atoms with Crippen molar-refractivity contribution >= 4 is 15.9 Å². The fourth-order valence-electron chi connectivity index (χ4n) is 0.696. The Morgan fingerprint density at radius 1 is 1.64 bits per heavy atom. The van der Waals surface area contributed by atoms with Crippen molar-refractivity contribution in [1.82, 2.24) is 4.98 Å². The molecule has 1 aromatic rings. The number of nitrogens with zero attached hydrogens (tertiary/aromatic N) is 1. The van der Waals surface area contributed by atoms with E-state index < -0.39 is 0 Å². The van der Waals surface area contributed by atoms with E-state index in [9.17, 15) is 4.39 Å². The van der Waals surface area contributed by atoms with E-state index in [4.69, 9.17) is 4.74 Å². The second-order valence-corrected chi connectivity index (χ2v) is 2.81. The van der Waals surface area contributed by atoms with Gasteiger partial charge in [-0.05, 0) is 28.1 Å². The third-order valence-electron chi connectivity index (χ3n) is 1.17. The van der Waals surface area contributed by atoms with Gasteiger partial charge < -0.3 is 4.74 Å². The third kappa shape index (κ3) is 2.24. The molecule has 0 saturated heterocycles. The highest BCUT2D eigenvalue weighted by molar-refractivity contribution is 9.10. The summed E-state index contributed by atoms with van der Waals surface area (Å²) in [6, 6.07) is 2.90. The molecule has 1 heterocycles. The van der Waals surface area contributed by atoms with Crippen LogP contribution in [-0.2, 0) is 11.3 Å². The number of hydrogen-bond acceptors (Lipinski definition) is 2. The van der Waals surface area contributed by atoms with Crippen LogP contribution in [0.15, 0.2) is 16.7 Å². The summed E-state index contributed by atoms with van der Waals surface area (Å²) < 4.78 is 18.2. The average Bonchev–Trinajstić information content (AvgIpc) is 1.98. The van der Waals surface area contributed by atoms with Crippen LogP contribution in [0.25, 0.3) is 0 Å². The van der Waals surface area contributed by atoms with Crippen molar-refractivity contribution in [3.8, 4) is 0 Å². The number of rotatable bonds is 2. The van der Waals surface area contributed by atoms with Crippen LogP contribution in [0, 0.1) is 5.82 Å². The first-order chi connectivity index (χ1) is 5.24. The van der Waals surface area contributed by atoms with Crippen molar-refractivity contribution in [2.75, 3.05) is 7.11 Å². The first kappa shape index (κ1) is 8.62. The smallest absolute Gasteiger partial charge is 0.147 e. The van der Waals surface area contributed by atoms with Crippen LogP contribution in [0.4, 0.5) is 4.39 Å². The average molecular weight is 220 g/mol. The lowest BCUT2D eigenvalue weighted by Gasteiger charge is -1.99. The monoisotopic (exact) mass is 219 g/mol. The van der Waals surface area contributed by atoms with Gasteiger partial charge in [0.15, 0.2) is 0 Å². The molecule has 0 unspecified atom stereocenters. The predicted molar refractivity (Wildman–Crippen MR) is 42.6 cm³/mol. The highest BCUT2D eigenvalue weighted by Gasteiger charge is 2.02. The van der Waals surface area contributed by atoms with E-state index >= 15 is 0 Å². The maximum Gasteiger partial charge on any atom is 0.147 e. The number of aromatic nitrogens is 1. The molecular weight excluding hydrogens is 213 g/mol. The summed E-state index contributed by atoms with van der Waals surface area (Å²) >= 11 is 3.13. The summed E-state index contributed by atoms with van der Waals surface area (Å²) in [6.07, 6.45) is 0. The maximum atomic E-state index is 12.8. The molecule has 0 amide bonds. The Kier molecular flexibility index (Phi) is 2.96. The molecular formula is C7H7BrFNO. The van der Waals surface area contributed by atoms with E-state index in [1.807, 2.05) is 0 Å². The molecule has 4 heteroatoms. The Morgan fingerprint density at radius 3 is 3.00 bits per heavy atom. The molecule has 0 saturated carbocycles. The van der Waals surface area contributed by atoms with Crippen LogP contribution in [0.3, 0.4) is 0 Å². The van der Waals surface area contributed by atoms with Gasteiger partial charge in [0.2, 0.25) is 0 Å². The minimum absolute atomic E-state index is 0.200. The van der Waals surface area contributed by atoms with E-state index in [1.54, 1.807) is 6.07 Å². The molecule has 0 atom stereocenters. The molecule has 0 fully saturated rings. The van der Waals surface area contributed by atoms with Gasteiger partial charge in [-0.1, -0.05) is 0 Å². The first-order valence-electron chi connectivity index (χ1n) is 3.04. The zero-order chi connectivity index (χ0) is 8.27. The second-order valence-electron chi connectivity index (χ2n) is 2.00. The van der Waals surface area contributed by atoms with Gasteiger partial charge in [-0.25, -0.2) is 9.37 Å². The molecule has 0 aromatic carbocycles. The number of methoxy groups -OCH3 is 1. The quantitative estimate of drug-likeness (QED) is 0.712. The van der Waals surface area contributed by atoms with Gasteiger partial charge in [-0.15, -0.1) is 0 Å². The number of hydrogen-bond donors (Lipinski definition) is 0. The van der Waals surface area contributed by atoms with Crippen LogP contribution in [0.1, 0.15) is 5.69 Å². The highest BCUT2D eigenvalue weighted by Crippen LogP contribution is 2.10. The molecule has 0 aliphatic carbocycles. The Hall–Kier alpha value is -0.480. The predicted octanol–water partition coefficient (Wildman–Crippen LogP) is 2.13.